The number of hydrogen-bond acceptors (Lipinski definition) is 7. The van der Waals surface area contributed by atoms with Crippen LogP contribution >= 0.6 is 0 Å². The molecule has 0 heterocycles. The average molecular weight is 1360 g/mol. The second-order valence-corrected chi connectivity index (χ2v) is 28.7. The lowest BCUT2D eigenvalue weighted by Crippen LogP contribution is -2.40. The van der Waals surface area contributed by atoms with Crippen LogP contribution in [0.4, 0.5) is 0 Å². The molecule has 0 saturated carbocycles. The molecule has 0 aliphatic rings. The Kier molecular flexibility index (Phi) is 74.4. The second-order valence-electron chi connectivity index (χ2n) is 28.7. The molecule has 0 radical (unpaired) electrons. The van der Waals surface area contributed by atoms with Crippen molar-refractivity contribution in [3.63, 3.8) is 0 Å². The highest BCUT2D eigenvalue weighted by Gasteiger charge is 2.25. The van der Waals surface area contributed by atoms with Crippen molar-refractivity contribution in [3.05, 3.63) is 109 Å². The maximum atomic E-state index is 13.0. The summed E-state index contributed by atoms with van der Waals surface area (Å²) in [6.07, 6.45) is 107. The van der Waals surface area contributed by atoms with E-state index >= 15 is 0 Å². The summed E-state index contributed by atoms with van der Waals surface area (Å²) in [5, 5.41) is 9.78. The Morgan fingerprint density at radius 1 is 0.309 bits per heavy atom. The van der Waals surface area contributed by atoms with E-state index in [-0.39, 0.29) is 38.2 Å². The van der Waals surface area contributed by atoms with Crippen LogP contribution in [0.3, 0.4) is 0 Å². The molecule has 0 aromatic heterocycles. The van der Waals surface area contributed by atoms with Gasteiger partial charge in [-0.05, 0) is 96.3 Å². The third-order valence-electron chi connectivity index (χ3n) is 18.0. The molecule has 0 rings (SSSR count). The maximum Gasteiger partial charge on any atom is 0.361 e. The van der Waals surface area contributed by atoms with Crippen LogP contribution in [0.15, 0.2) is 109 Å². The van der Waals surface area contributed by atoms with E-state index in [0.717, 1.165) is 96.3 Å². The molecular formula is C88H156NO8+. The molecule has 0 aromatic carbocycles. The zero-order chi connectivity index (χ0) is 70.4. The van der Waals surface area contributed by atoms with Gasteiger partial charge < -0.3 is 28.5 Å². The van der Waals surface area contributed by atoms with Gasteiger partial charge in [-0.2, -0.15) is 0 Å². The fourth-order valence-corrected chi connectivity index (χ4v) is 11.9. The molecule has 2 unspecified atom stereocenters. The molecular weight excluding hydrogens is 1200 g/mol. The highest BCUT2D eigenvalue weighted by atomic mass is 16.7. The van der Waals surface area contributed by atoms with E-state index in [1.807, 2.05) is 21.1 Å². The number of hydrogen-bond donors (Lipinski definition) is 1. The van der Waals surface area contributed by atoms with E-state index in [4.69, 9.17) is 18.9 Å². The molecule has 9 nitrogen and oxygen atoms in total. The van der Waals surface area contributed by atoms with E-state index in [0.29, 0.717) is 17.4 Å². The Balaban J connectivity index is 3.97. The molecule has 1 N–H and O–H groups in total. The number of aliphatic carboxylic acids is 1. The van der Waals surface area contributed by atoms with Crippen LogP contribution < -0.4 is 0 Å². The van der Waals surface area contributed by atoms with Crippen molar-refractivity contribution in [1.29, 1.82) is 0 Å². The highest BCUT2D eigenvalue weighted by molar-refractivity contribution is 5.71. The molecule has 0 saturated heterocycles. The Hall–Kier alpha value is -4.05. The minimum atomic E-state index is -1.51. The van der Waals surface area contributed by atoms with E-state index in [9.17, 15) is 19.5 Å². The first-order valence-electron chi connectivity index (χ1n) is 41.1. The van der Waals surface area contributed by atoms with Gasteiger partial charge in [-0.25, -0.2) is 4.79 Å². The number of nitrogens with zero attached hydrogens (tertiary/aromatic N) is 1. The molecule has 0 bridgehead atoms. The highest BCUT2D eigenvalue weighted by Crippen LogP contribution is 2.19. The van der Waals surface area contributed by atoms with Gasteiger partial charge in [0.1, 0.15) is 13.2 Å². The molecule has 0 amide bonds. The smallest absolute Gasteiger partial charge is 0.361 e. The van der Waals surface area contributed by atoms with Crippen LogP contribution in [0.1, 0.15) is 373 Å². The van der Waals surface area contributed by atoms with Crippen LogP contribution in [-0.2, 0) is 33.3 Å². The first-order chi connectivity index (χ1) is 47.6. The SMILES string of the molecule is CC/C=C\C/C=C\C/C=C\C/C=C\C/C=C\CCCCCCCCCCCCCCCCCCCCCCCC(=O)OC(COC(=O)CCCCCCCCCCCCCCCCCCCCCCCC/C=C\C/C=C\C/C=C\C/C=C\CC)COC(OCC[N+](C)(C)C)C(=O)O. The second kappa shape index (κ2) is 77.7. The van der Waals surface area contributed by atoms with Gasteiger partial charge in [-0.1, -0.05) is 374 Å². The zero-order valence-corrected chi connectivity index (χ0v) is 64.2. The van der Waals surface area contributed by atoms with Gasteiger partial charge in [0.15, 0.2) is 6.10 Å². The summed E-state index contributed by atoms with van der Waals surface area (Å²) < 4.78 is 23.1. The monoisotopic (exact) mass is 1360 g/mol. The predicted molar refractivity (Wildman–Crippen MR) is 419 cm³/mol. The summed E-state index contributed by atoms with van der Waals surface area (Å²) in [7, 11) is 5.99. The molecule has 0 spiro atoms. The average Bonchev–Trinajstić information content (AvgIpc) is 3.11. The van der Waals surface area contributed by atoms with Crippen molar-refractivity contribution in [3.8, 4) is 0 Å². The van der Waals surface area contributed by atoms with E-state index in [2.05, 4.69) is 123 Å². The van der Waals surface area contributed by atoms with Gasteiger partial charge in [0.25, 0.3) is 6.29 Å². The number of carbonyl (C=O) groups excluding carboxylic acids is 2. The van der Waals surface area contributed by atoms with Gasteiger partial charge >= 0.3 is 17.9 Å². The Bertz CT molecular complexity index is 1970. The summed E-state index contributed by atoms with van der Waals surface area (Å²) >= 11 is 0. The molecule has 560 valence electrons. The zero-order valence-electron chi connectivity index (χ0n) is 64.2. The Labute approximate surface area is 600 Å². The number of carboxylic acid groups (broad SMARTS) is 1. The minimum absolute atomic E-state index is 0.180. The molecule has 0 aromatic rings. The number of ether oxygens (including phenoxy) is 4. The van der Waals surface area contributed by atoms with Crippen molar-refractivity contribution in [2.45, 2.75) is 386 Å². The van der Waals surface area contributed by atoms with Crippen molar-refractivity contribution in [2.75, 3.05) is 47.5 Å². The first kappa shape index (κ1) is 93.0. The normalized spacial score (nSPS) is 13.2. The van der Waals surface area contributed by atoms with Gasteiger partial charge in [-0.15, -0.1) is 0 Å². The topological polar surface area (TPSA) is 108 Å². The minimum Gasteiger partial charge on any atom is -0.477 e. The third kappa shape index (κ3) is 79.2. The molecule has 97 heavy (non-hydrogen) atoms. The van der Waals surface area contributed by atoms with Gasteiger partial charge in [0.2, 0.25) is 0 Å². The summed E-state index contributed by atoms with van der Waals surface area (Å²) in [5.74, 6) is -1.98. The number of carboxylic acids is 1. The number of unbranched alkanes of at least 4 members (excludes halogenated alkanes) is 43. The largest absolute Gasteiger partial charge is 0.477 e. The third-order valence-corrected chi connectivity index (χ3v) is 18.0. The number of quaternary nitrogens is 1. The van der Waals surface area contributed by atoms with Crippen LogP contribution in [-0.4, -0.2) is 87.4 Å². The van der Waals surface area contributed by atoms with Crippen molar-refractivity contribution < 1.29 is 42.9 Å². The van der Waals surface area contributed by atoms with Crippen molar-refractivity contribution >= 4 is 17.9 Å². The van der Waals surface area contributed by atoms with Gasteiger partial charge in [0, 0.05) is 12.8 Å². The standard InChI is InChI=1S/C88H155NO8/c1-6-8-10-12-14-16-18-20-22-24-26-28-30-32-34-36-38-40-42-43-45-47-49-51-53-55-57-59-61-63-65-67-69-71-73-75-77-79-86(91)97-84(83-96-88(87(92)93)94-81-80-89(3,4)5)82-95-85(90)78-76-74-72-70-68-66-64-62-60-58-56-54-52-50-48-46-44-41-39-37-35-33-31-29-27-25-23-21-19-17-15-13-11-9-7-2/h8-11,14-17,20-23,26-29,32,34,84,88H,6-7,12-13,18-19,24-25,30-31,33,35-83H2,1-5H3/p+1/b10-8-,11-9-,16-14-,17-15-,22-20-,23-21-,28-26-,29-27-,34-32-. The maximum absolute atomic E-state index is 13.0. The number of carbonyl (C=O) groups is 3. The summed E-state index contributed by atoms with van der Waals surface area (Å²) in [6, 6.07) is 0. The first-order valence-corrected chi connectivity index (χ1v) is 41.1. The van der Waals surface area contributed by atoms with E-state index in [1.165, 1.54) is 250 Å². The lowest BCUT2D eigenvalue weighted by molar-refractivity contribution is -0.870. The number of allylic oxidation sites excluding steroid dienone is 18. The summed E-state index contributed by atoms with van der Waals surface area (Å²) in [5.41, 5.74) is 0. The molecule has 0 fully saturated rings. The van der Waals surface area contributed by atoms with Crippen LogP contribution in [0.5, 0.6) is 0 Å². The van der Waals surface area contributed by atoms with Crippen LogP contribution in [0.2, 0.25) is 0 Å². The molecule has 9 heteroatoms. The lowest BCUT2D eigenvalue weighted by Gasteiger charge is -2.25. The van der Waals surface area contributed by atoms with Crippen LogP contribution in [0, 0.1) is 0 Å². The Morgan fingerprint density at radius 2 is 0.557 bits per heavy atom. The van der Waals surface area contributed by atoms with Crippen molar-refractivity contribution in [1.82, 2.24) is 0 Å². The number of rotatable bonds is 76. The molecule has 2 atom stereocenters. The Morgan fingerprint density at radius 3 is 0.825 bits per heavy atom. The van der Waals surface area contributed by atoms with Crippen molar-refractivity contribution in [2.24, 2.45) is 0 Å². The van der Waals surface area contributed by atoms with Gasteiger partial charge in [-0.3, -0.25) is 9.59 Å². The lowest BCUT2D eigenvalue weighted by atomic mass is 10.0. The predicted octanol–water partition coefficient (Wildman–Crippen LogP) is 26.5. The van der Waals surface area contributed by atoms with Gasteiger partial charge in [0.05, 0.1) is 34.4 Å². The fourth-order valence-electron chi connectivity index (χ4n) is 11.9. The van der Waals surface area contributed by atoms with E-state index in [1.54, 1.807) is 0 Å². The quantitative estimate of drug-likeness (QED) is 0.0211. The number of esters is 2. The molecule has 0 aliphatic heterocycles. The fraction of sp³-hybridized carbons (Fsp3) is 0.761. The summed E-state index contributed by atoms with van der Waals surface area (Å²) in [4.78, 5) is 37.8. The van der Waals surface area contributed by atoms with E-state index < -0.39 is 18.4 Å². The van der Waals surface area contributed by atoms with Crippen LogP contribution in [0.25, 0.3) is 0 Å². The molecule has 0 aliphatic carbocycles. The number of likely N-dealkylation sites (N-methyl/N-ethyl adjacent to an activating group) is 1. The summed E-state index contributed by atoms with van der Waals surface area (Å²) in [6.45, 7) is 4.70.